The predicted octanol–water partition coefficient (Wildman–Crippen LogP) is 3.07. The maximum absolute atomic E-state index is 12.8. The van der Waals surface area contributed by atoms with Crippen LogP contribution in [0.2, 0.25) is 0 Å². The molecule has 0 aromatic heterocycles. The fourth-order valence-corrected chi connectivity index (χ4v) is 4.18. The number of benzene rings is 1. The third-order valence-corrected chi connectivity index (χ3v) is 5.98. The van der Waals surface area contributed by atoms with Gasteiger partial charge in [-0.05, 0) is 49.8 Å². The molecule has 3 amide bonds. The lowest BCUT2D eigenvalue weighted by Gasteiger charge is -2.34. The molecular formula is C24H33N3O3. The van der Waals surface area contributed by atoms with Gasteiger partial charge in [-0.1, -0.05) is 30.9 Å². The zero-order chi connectivity index (χ0) is 21.2. The van der Waals surface area contributed by atoms with E-state index in [4.69, 9.17) is 11.2 Å². The van der Waals surface area contributed by atoms with E-state index in [1.807, 2.05) is 29.2 Å². The molecule has 0 bridgehead atoms. The Morgan fingerprint density at radius 1 is 1.00 bits per heavy atom. The molecule has 1 aromatic rings. The highest BCUT2D eigenvalue weighted by molar-refractivity contribution is 5.80. The van der Waals surface area contributed by atoms with Crippen molar-refractivity contribution in [3.8, 4) is 18.1 Å². The van der Waals surface area contributed by atoms with Crippen LogP contribution in [0, 0.1) is 18.3 Å². The Morgan fingerprint density at radius 3 is 2.30 bits per heavy atom. The standard InChI is InChI=1S/C24H33N3O3/c1-2-19-30-22-9-7-20(8-10-22)11-14-25-24(29)27-17-12-21(13-18-27)23(28)26-15-5-3-4-6-16-26/h1,7-10,21H,3-6,11-19H2,(H,25,29). The molecule has 6 heteroatoms. The normalized spacial score (nSPS) is 17.7. The number of piperidine rings is 1. The average molecular weight is 412 g/mol. The first-order valence-corrected chi connectivity index (χ1v) is 11.1. The van der Waals surface area contributed by atoms with E-state index >= 15 is 0 Å². The van der Waals surface area contributed by atoms with Crippen LogP contribution in [-0.4, -0.2) is 61.1 Å². The van der Waals surface area contributed by atoms with Gasteiger partial charge >= 0.3 is 6.03 Å². The van der Waals surface area contributed by atoms with Crippen LogP contribution < -0.4 is 10.1 Å². The van der Waals surface area contributed by atoms with Crippen LogP contribution in [0.3, 0.4) is 0 Å². The summed E-state index contributed by atoms with van der Waals surface area (Å²) in [5.74, 6) is 3.56. The summed E-state index contributed by atoms with van der Waals surface area (Å²) in [4.78, 5) is 29.1. The van der Waals surface area contributed by atoms with Crippen LogP contribution in [0.1, 0.15) is 44.1 Å². The van der Waals surface area contributed by atoms with Gasteiger partial charge in [-0.2, -0.15) is 0 Å². The number of terminal acetylenes is 1. The molecule has 162 valence electrons. The van der Waals surface area contributed by atoms with Crippen LogP contribution in [0.15, 0.2) is 24.3 Å². The quantitative estimate of drug-likeness (QED) is 0.732. The fraction of sp³-hybridized carbons (Fsp3) is 0.583. The maximum Gasteiger partial charge on any atom is 0.317 e. The smallest absolute Gasteiger partial charge is 0.317 e. The van der Waals surface area contributed by atoms with Crippen LogP contribution in [0.4, 0.5) is 4.79 Å². The number of ether oxygens (including phenoxy) is 1. The Morgan fingerprint density at radius 2 is 1.67 bits per heavy atom. The van der Waals surface area contributed by atoms with E-state index in [0.717, 1.165) is 56.5 Å². The molecule has 1 aromatic carbocycles. The maximum atomic E-state index is 12.8. The molecule has 6 nitrogen and oxygen atoms in total. The summed E-state index contributed by atoms with van der Waals surface area (Å²) >= 11 is 0. The average Bonchev–Trinajstić information content (AvgIpc) is 3.08. The van der Waals surface area contributed by atoms with Crippen LogP contribution >= 0.6 is 0 Å². The molecule has 0 atom stereocenters. The largest absolute Gasteiger partial charge is 0.481 e. The number of amides is 3. The van der Waals surface area contributed by atoms with Gasteiger partial charge in [-0.3, -0.25) is 4.79 Å². The molecular weight excluding hydrogens is 378 g/mol. The number of nitrogens with one attached hydrogen (secondary N) is 1. The SMILES string of the molecule is C#CCOc1ccc(CCNC(=O)N2CCC(C(=O)N3CCCCCC3)CC2)cc1. The van der Waals surface area contributed by atoms with Gasteiger partial charge in [0.05, 0.1) is 0 Å². The van der Waals surface area contributed by atoms with Crippen molar-refractivity contribution in [3.63, 3.8) is 0 Å². The van der Waals surface area contributed by atoms with E-state index in [0.29, 0.717) is 25.5 Å². The minimum atomic E-state index is -0.0374. The second-order valence-electron chi connectivity index (χ2n) is 8.12. The highest BCUT2D eigenvalue weighted by Gasteiger charge is 2.30. The second kappa shape index (κ2) is 11.5. The number of carbonyl (C=O) groups is 2. The van der Waals surface area contributed by atoms with Crippen molar-refractivity contribution in [3.05, 3.63) is 29.8 Å². The lowest BCUT2D eigenvalue weighted by molar-refractivity contribution is -0.136. The number of hydrogen-bond donors (Lipinski definition) is 1. The van der Waals surface area contributed by atoms with Crippen molar-refractivity contribution in [1.29, 1.82) is 0 Å². The summed E-state index contributed by atoms with van der Waals surface area (Å²) in [6.07, 6.45) is 12.2. The first-order chi connectivity index (χ1) is 14.7. The molecule has 2 saturated heterocycles. The van der Waals surface area contributed by atoms with Crippen LogP contribution in [-0.2, 0) is 11.2 Å². The van der Waals surface area contributed by atoms with Crippen LogP contribution in [0.5, 0.6) is 5.75 Å². The number of likely N-dealkylation sites (tertiary alicyclic amines) is 2. The number of hydrogen-bond acceptors (Lipinski definition) is 3. The monoisotopic (exact) mass is 411 g/mol. The van der Waals surface area contributed by atoms with E-state index in [9.17, 15) is 9.59 Å². The van der Waals surface area contributed by atoms with Gasteiger partial charge in [0.15, 0.2) is 0 Å². The Kier molecular flexibility index (Phi) is 8.43. The van der Waals surface area contributed by atoms with E-state index in [2.05, 4.69) is 16.1 Å². The minimum absolute atomic E-state index is 0.0374. The fourth-order valence-electron chi connectivity index (χ4n) is 4.18. The van der Waals surface area contributed by atoms with Crippen molar-refractivity contribution in [2.24, 2.45) is 5.92 Å². The van der Waals surface area contributed by atoms with Crippen LogP contribution in [0.25, 0.3) is 0 Å². The minimum Gasteiger partial charge on any atom is -0.481 e. The summed E-state index contributed by atoms with van der Waals surface area (Å²) in [5.41, 5.74) is 1.13. The van der Waals surface area contributed by atoms with Gasteiger partial charge in [0.25, 0.3) is 0 Å². The van der Waals surface area contributed by atoms with E-state index in [1.54, 1.807) is 0 Å². The Balaban J connectivity index is 1.36. The molecule has 0 spiro atoms. The Hall–Kier alpha value is -2.68. The second-order valence-corrected chi connectivity index (χ2v) is 8.12. The lowest BCUT2D eigenvalue weighted by atomic mass is 9.95. The summed E-state index contributed by atoms with van der Waals surface area (Å²) in [6, 6.07) is 7.71. The summed E-state index contributed by atoms with van der Waals surface area (Å²) < 4.78 is 5.36. The number of rotatable bonds is 6. The van der Waals surface area contributed by atoms with Crippen molar-refractivity contribution in [2.75, 3.05) is 39.3 Å². The van der Waals surface area contributed by atoms with Gasteiger partial charge < -0.3 is 19.9 Å². The molecule has 3 rings (SSSR count). The summed E-state index contributed by atoms with van der Waals surface area (Å²) in [6.45, 7) is 3.94. The van der Waals surface area contributed by atoms with Crippen molar-refractivity contribution >= 4 is 11.9 Å². The first-order valence-electron chi connectivity index (χ1n) is 11.1. The Labute approximate surface area is 179 Å². The summed E-state index contributed by atoms with van der Waals surface area (Å²) in [5, 5.41) is 3.00. The molecule has 2 fully saturated rings. The molecule has 0 unspecified atom stereocenters. The lowest BCUT2D eigenvalue weighted by Crippen LogP contribution is -2.48. The van der Waals surface area contributed by atoms with Gasteiger partial charge in [-0.15, -0.1) is 6.42 Å². The molecule has 0 radical (unpaired) electrons. The highest BCUT2D eigenvalue weighted by atomic mass is 16.5. The molecule has 30 heavy (non-hydrogen) atoms. The molecule has 2 aliphatic heterocycles. The molecule has 0 aliphatic carbocycles. The zero-order valence-corrected chi connectivity index (χ0v) is 17.8. The van der Waals surface area contributed by atoms with E-state index < -0.39 is 0 Å². The first kappa shape index (κ1) is 22.0. The number of urea groups is 1. The van der Waals surface area contributed by atoms with Crippen molar-refractivity contribution in [2.45, 2.75) is 44.9 Å². The predicted molar refractivity (Wildman–Crippen MR) is 117 cm³/mol. The third kappa shape index (κ3) is 6.41. The Bertz CT molecular complexity index is 725. The molecule has 2 heterocycles. The van der Waals surface area contributed by atoms with Gasteiger partial charge in [0, 0.05) is 38.6 Å². The number of carbonyl (C=O) groups excluding carboxylic acids is 2. The number of nitrogens with zero attached hydrogens (tertiary/aromatic N) is 2. The third-order valence-electron chi connectivity index (χ3n) is 5.98. The van der Waals surface area contributed by atoms with E-state index in [1.165, 1.54) is 12.8 Å². The van der Waals surface area contributed by atoms with Gasteiger partial charge in [0.2, 0.25) is 5.91 Å². The topological polar surface area (TPSA) is 61.9 Å². The molecule has 0 saturated carbocycles. The van der Waals surface area contributed by atoms with Crippen molar-refractivity contribution in [1.82, 2.24) is 15.1 Å². The summed E-state index contributed by atoms with van der Waals surface area (Å²) in [7, 11) is 0. The molecule has 1 N–H and O–H groups in total. The molecule has 2 aliphatic rings. The van der Waals surface area contributed by atoms with Gasteiger partial charge in [0.1, 0.15) is 12.4 Å². The van der Waals surface area contributed by atoms with Gasteiger partial charge in [-0.25, -0.2) is 4.79 Å². The van der Waals surface area contributed by atoms with E-state index in [-0.39, 0.29) is 18.6 Å². The highest BCUT2D eigenvalue weighted by Crippen LogP contribution is 2.22. The van der Waals surface area contributed by atoms with Crippen molar-refractivity contribution < 1.29 is 14.3 Å². The zero-order valence-electron chi connectivity index (χ0n) is 17.8.